The van der Waals surface area contributed by atoms with Crippen LogP contribution >= 0.6 is 0 Å². The Morgan fingerprint density at radius 2 is 1.82 bits per heavy atom. The van der Waals surface area contributed by atoms with Gasteiger partial charge in [0.15, 0.2) is 6.29 Å². The van der Waals surface area contributed by atoms with Crippen molar-refractivity contribution in [3.05, 3.63) is 64.2 Å². The van der Waals surface area contributed by atoms with Crippen molar-refractivity contribution in [2.24, 2.45) is 0 Å². The number of aliphatic hydroxyl groups excluding tert-OH is 3. The van der Waals surface area contributed by atoms with Gasteiger partial charge in [0, 0.05) is 13.0 Å². The summed E-state index contributed by atoms with van der Waals surface area (Å²) in [6.45, 7) is 2.17. The first kappa shape index (κ1) is 22.8. The normalized spacial score (nSPS) is 30.1. The molecule has 7 nitrogen and oxygen atoms in total. The van der Waals surface area contributed by atoms with Crippen LogP contribution in [0.25, 0.3) is 0 Å². The van der Waals surface area contributed by atoms with Gasteiger partial charge in [-0.2, -0.15) is 0 Å². The molecular weight excluding hydrogens is 424 g/mol. The fraction of sp³-hybridized carbons (Fsp3) is 0.538. The molecule has 2 saturated heterocycles. The molecule has 0 spiro atoms. The molecule has 0 bridgehead atoms. The topological polar surface area (TPSA) is 97.6 Å². The molecular formula is C26H32O7. The summed E-state index contributed by atoms with van der Waals surface area (Å²) in [4.78, 5) is 0. The van der Waals surface area contributed by atoms with Gasteiger partial charge in [0.2, 0.25) is 0 Å². The quantitative estimate of drug-likeness (QED) is 0.635. The van der Waals surface area contributed by atoms with Crippen LogP contribution in [0, 0.1) is 0 Å². The zero-order valence-corrected chi connectivity index (χ0v) is 18.9. The molecule has 0 saturated carbocycles. The number of aliphatic hydroxyl groups is 3. The fourth-order valence-corrected chi connectivity index (χ4v) is 4.99. The van der Waals surface area contributed by atoms with Crippen LogP contribution < -0.4 is 4.74 Å². The summed E-state index contributed by atoms with van der Waals surface area (Å²) in [5.74, 6) is 1.32. The van der Waals surface area contributed by atoms with Crippen LogP contribution in [0.1, 0.15) is 52.7 Å². The Labute approximate surface area is 193 Å². The highest BCUT2D eigenvalue weighted by molar-refractivity contribution is 5.43. The Balaban J connectivity index is 1.46. The summed E-state index contributed by atoms with van der Waals surface area (Å²) in [7, 11) is 1.41. The van der Waals surface area contributed by atoms with Gasteiger partial charge in [-0.15, -0.1) is 0 Å². The predicted molar refractivity (Wildman–Crippen MR) is 120 cm³/mol. The minimum absolute atomic E-state index is 0.342. The van der Waals surface area contributed by atoms with Crippen LogP contribution in [0.5, 0.6) is 5.75 Å². The van der Waals surface area contributed by atoms with Crippen LogP contribution in [0.2, 0.25) is 0 Å². The van der Waals surface area contributed by atoms with Crippen molar-refractivity contribution in [3.63, 3.8) is 0 Å². The zero-order chi connectivity index (χ0) is 22.9. The lowest BCUT2D eigenvalue weighted by molar-refractivity contribution is -0.292. The van der Waals surface area contributed by atoms with Crippen molar-refractivity contribution in [3.8, 4) is 5.75 Å². The number of hydrogen-bond donors (Lipinski definition) is 3. The summed E-state index contributed by atoms with van der Waals surface area (Å²) >= 11 is 0. The number of hydrogen-bond acceptors (Lipinski definition) is 7. The van der Waals surface area contributed by atoms with E-state index in [-0.39, 0.29) is 0 Å². The number of aryl methyl sites for hydroxylation is 1. The van der Waals surface area contributed by atoms with E-state index in [1.54, 1.807) is 0 Å². The minimum Gasteiger partial charge on any atom is -0.493 e. The fourth-order valence-electron chi connectivity index (χ4n) is 4.99. The Kier molecular flexibility index (Phi) is 6.69. The van der Waals surface area contributed by atoms with Crippen LogP contribution in [0.4, 0.5) is 0 Å². The molecule has 3 N–H and O–H groups in total. The zero-order valence-electron chi connectivity index (χ0n) is 18.9. The van der Waals surface area contributed by atoms with E-state index < -0.39 is 30.7 Å². The van der Waals surface area contributed by atoms with Gasteiger partial charge in [-0.05, 0) is 59.6 Å². The van der Waals surface area contributed by atoms with E-state index in [0.717, 1.165) is 49.2 Å². The molecule has 33 heavy (non-hydrogen) atoms. The first-order valence-electron chi connectivity index (χ1n) is 11.7. The average molecular weight is 457 g/mol. The largest absolute Gasteiger partial charge is 0.493 e. The average Bonchev–Trinajstić information content (AvgIpc) is 3.03. The monoisotopic (exact) mass is 456 g/mol. The molecule has 0 amide bonds. The van der Waals surface area contributed by atoms with Gasteiger partial charge in [-0.1, -0.05) is 30.3 Å². The Morgan fingerprint density at radius 3 is 2.58 bits per heavy atom. The molecule has 178 valence electrons. The Bertz CT molecular complexity index is 971. The van der Waals surface area contributed by atoms with Crippen molar-refractivity contribution in [1.82, 2.24) is 0 Å². The lowest BCUT2D eigenvalue weighted by atomic mass is 9.85. The van der Waals surface area contributed by atoms with Gasteiger partial charge < -0.3 is 34.3 Å². The molecule has 3 aliphatic heterocycles. The van der Waals surface area contributed by atoms with Gasteiger partial charge in [0.1, 0.15) is 30.2 Å². The summed E-state index contributed by atoms with van der Waals surface area (Å²) in [6.07, 6.45) is -1.80. The molecule has 3 heterocycles. The van der Waals surface area contributed by atoms with Crippen molar-refractivity contribution in [1.29, 1.82) is 0 Å². The maximum atomic E-state index is 10.6. The Morgan fingerprint density at radius 1 is 0.970 bits per heavy atom. The third kappa shape index (κ3) is 4.54. The second kappa shape index (κ2) is 9.70. The van der Waals surface area contributed by atoms with Gasteiger partial charge in [0.25, 0.3) is 0 Å². The maximum absolute atomic E-state index is 10.6. The van der Waals surface area contributed by atoms with Gasteiger partial charge in [-0.3, -0.25) is 0 Å². The van der Waals surface area contributed by atoms with Crippen LogP contribution in [-0.2, 0) is 27.1 Å². The number of ether oxygens (including phenoxy) is 4. The standard InChI is InChI=1S/C26H32O7/c1-30-26-24(29)22(27)23(28)25(33-26)17-6-7-20(19-13-31-14-19)18(12-17)11-15-5-8-21-16(10-15)4-2-3-9-32-21/h5-8,10,12,19,22-29H,2-4,9,11,13-14H2,1H3/t22-,23-,24+,25+,26+/m1/s1. The third-order valence-corrected chi connectivity index (χ3v) is 6.99. The lowest BCUT2D eigenvalue weighted by Crippen LogP contribution is -2.54. The molecule has 0 radical (unpaired) electrons. The number of fused-ring (bicyclic) bond motifs is 1. The molecule has 2 fully saturated rings. The summed E-state index contributed by atoms with van der Waals surface area (Å²) < 4.78 is 22.3. The predicted octanol–water partition coefficient (Wildman–Crippen LogP) is 2.23. The molecule has 2 aromatic carbocycles. The summed E-state index contributed by atoms with van der Waals surface area (Å²) in [5, 5.41) is 31.1. The maximum Gasteiger partial charge on any atom is 0.186 e. The first-order chi connectivity index (χ1) is 16.0. The molecule has 7 heteroatoms. The summed E-state index contributed by atoms with van der Waals surface area (Å²) in [5.41, 5.74) is 5.56. The van der Waals surface area contributed by atoms with Gasteiger partial charge >= 0.3 is 0 Å². The highest BCUT2D eigenvalue weighted by Crippen LogP contribution is 2.36. The van der Waals surface area contributed by atoms with Crippen molar-refractivity contribution in [2.45, 2.75) is 62.3 Å². The van der Waals surface area contributed by atoms with E-state index in [1.807, 2.05) is 12.1 Å². The van der Waals surface area contributed by atoms with E-state index in [9.17, 15) is 15.3 Å². The minimum atomic E-state index is -1.36. The van der Waals surface area contributed by atoms with E-state index in [1.165, 1.54) is 23.8 Å². The van der Waals surface area contributed by atoms with Crippen LogP contribution in [-0.4, -0.2) is 66.9 Å². The second-order valence-corrected chi connectivity index (χ2v) is 9.25. The molecule has 3 aliphatic rings. The summed E-state index contributed by atoms with van der Waals surface area (Å²) in [6, 6.07) is 12.5. The SMILES string of the molecule is CO[C@H]1O[C@@H](c2ccc(C3COC3)c(Cc3ccc4c(c3)CCCCO4)c2)[C@H](O)[C@@H](O)[C@@H]1O. The van der Waals surface area contributed by atoms with E-state index in [0.29, 0.717) is 19.1 Å². The van der Waals surface area contributed by atoms with E-state index in [4.69, 9.17) is 18.9 Å². The molecule has 0 aromatic heterocycles. The lowest BCUT2D eigenvalue weighted by Gasteiger charge is -2.40. The third-order valence-electron chi connectivity index (χ3n) is 6.99. The van der Waals surface area contributed by atoms with Crippen molar-refractivity contribution in [2.75, 3.05) is 26.9 Å². The van der Waals surface area contributed by atoms with Crippen molar-refractivity contribution >= 4 is 0 Å². The highest BCUT2D eigenvalue weighted by Gasteiger charge is 2.44. The molecule has 5 rings (SSSR count). The molecule has 2 aromatic rings. The Hall–Kier alpha value is -2.00. The van der Waals surface area contributed by atoms with Crippen molar-refractivity contribution < 1.29 is 34.3 Å². The van der Waals surface area contributed by atoms with Crippen LogP contribution in [0.3, 0.4) is 0 Å². The van der Waals surface area contributed by atoms with Crippen LogP contribution in [0.15, 0.2) is 36.4 Å². The second-order valence-electron chi connectivity index (χ2n) is 9.25. The van der Waals surface area contributed by atoms with E-state index in [2.05, 4.69) is 24.3 Å². The molecule has 0 unspecified atom stereocenters. The molecule has 5 atom stereocenters. The number of benzene rings is 2. The number of methoxy groups -OCH3 is 1. The number of rotatable bonds is 5. The highest BCUT2D eigenvalue weighted by atomic mass is 16.7. The van der Waals surface area contributed by atoms with Gasteiger partial charge in [-0.25, -0.2) is 0 Å². The van der Waals surface area contributed by atoms with Gasteiger partial charge in [0.05, 0.1) is 19.8 Å². The molecule has 0 aliphatic carbocycles. The van der Waals surface area contributed by atoms with E-state index >= 15 is 0 Å². The smallest absolute Gasteiger partial charge is 0.186 e. The first-order valence-corrected chi connectivity index (χ1v) is 11.7.